The van der Waals surface area contributed by atoms with Crippen LogP contribution >= 0.6 is 0 Å². The second kappa shape index (κ2) is 9.96. The summed E-state index contributed by atoms with van der Waals surface area (Å²) in [5, 5.41) is 14.5. The van der Waals surface area contributed by atoms with Gasteiger partial charge in [0.15, 0.2) is 5.75 Å². The van der Waals surface area contributed by atoms with Gasteiger partial charge in [0.1, 0.15) is 10.6 Å². The first-order valence-corrected chi connectivity index (χ1v) is 11.2. The number of carboxylic acids is 1. The lowest BCUT2D eigenvalue weighted by atomic mass is 10.1. The lowest BCUT2D eigenvalue weighted by Gasteiger charge is -2.36. The molecule has 206 valence electrons. The highest BCUT2D eigenvalue weighted by molar-refractivity contribution is 7.89. The molecule has 0 aliphatic carbocycles. The number of nitrogens with two attached hydrogens (primary N) is 1. The highest BCUT2D eigenvalue weighted by atomic mass is 32.2. The van der Waals surface area contributed by atoms with E-state index >= 15 is 0 Å². The standard InChI is InChI=1S/C21H20F8N2O5S/c1-18(22,23)20(26,27)10-31(11-21(28,29)19(2,24)25)14-8-12(17(32)33)9-15(37(30,34)35)16(14)36-13-6-4-3-5-7-13/h3-9H,10-11H2,1-2H3,(H,32,33)(H2,30,34,35)/i10D2,11D2. The van der Waals surface area contributed by atoms with Crippen LogP contribution in [0.15, 0.2) is 47.4 Å². The molecule has 0 aliphatic rings. The maximum Gasteiger partial charge on any atom is 0.335 e. The van der Waals surface area contributed by atoms with Crippen LogP contribution in [-0.2, 0) is 10.0 Å². The molecule has 16 heteroatoms. The molecule has 0 saturated heterocycles. The molecule has 0 atom stereocenters. The Kier molecular flexibility index (Phi) is 6.52. The number of hydrogen-bond donors (Lipinski definition) is 2. The van der Waals surface area contributed by atoms with Crippen LogP contribution in [0.3, 0.4) is 0 Å². The number of carboxylic acid groups (broad SMARTS) is 1. The van der Waals surface area contributed by atoms with Crippen molar-refractivity contribution in [2.45, 2.75) is 42.4 Å². The average Bonchev–Trinajstić information content (AvgIpc) is 2.77. The van der Waals surface area contributed by atoms with Crippen molar-refractivity contribution in [1.29, 1.82) is 0 Å². The van der Waals surface area contributed by atoms with Crippen LogP contribution in [0.5, 0.6) is 11.5 Å². The summed E-state index contributed by atoms with van der Waals surface area (Å²) in [6.07, 6.45) is 0. The van der Waals surface area contributed by atoms with Gasteiger partial charge in [0.2, 0.25) is 10.0 Å². The molecule has 2 aromatic rings. The number of halogens is 8. The normalized spacial score (nSPS) is 15.8. The predicted molar refractivity (Wildman–Crippen MR) is 115 cm³/mol. The molecule has 37 heavy (non-hydrogen) atoms. The first-order valence-electron chi connectivity index (χ1n) is 11.6. The van der Waals surface area contributed by atoms with Gasteiger partial charge in [-0.1, -0.05) is 18.2 Å². The average molecular weight is 568 g/mol. The van der Waals surface area contributed by atoms with Crippen LogP contribution < -0.4 is 14.8 Å². The maximum absolute atomic E-state index is 14.9. The minimum absolute atomic E-state index is 0.112. The third-order valence-electron chi connectivity index (χ3n) is 4.40. The quantitative estimate of drug-likeness (QED) is 0.360. The van der Waals surface area contributed by atoms with E-state index in [1.807, 2.05) is 0 Å². The fourth-order valence-electron chi connectivity index (χ4n) is 2.42. The van der Waals surface area contributed by atoms with Gasteiger partial charge in [-0.05, 0) is 24.3 Å². The summed E-state index contributed by atoms with van der Waals surface area (Å²) in [6.45, 7) is -12.1. The van der Waals surface area contributed by atoms with Gasteiger partial charge in [-0.3, -0.25) is 0 Å². The van der Waals surface area contributed by atoms with E-state index in [2.05, 4.69) is 0 Å². The van der Waals surface area contributed by atoms with Crippen molar-refractivity contribution < 1.29 is 63.7 Å². The smallest absolute Gasteiger partial charge is 0.335 e. The molecule has 0 spiro atoms. The minimum Gasteiger partial charge on any atom is -0.478 e. The van der Waals surface area contributed by atoms with Crippen molar-refractivity contribution in [2.75, 3.05) is 17.9 Å². The molecule has 0 fully saturated rings. The fourth-order valence-corrected chi connectivity index (χ4v) is 3.12. The maximum atomic E-state index is 14.9. The molecule has 0 saturated carbocycles. The number of primary sulfonamides is 1. The molecule has 0 heterocycles. The van der Waals surface area contributed by atoms with Crippen molar-refractivity contribution in [1.82, 2.24) is 0 Å². The second-order valence-electron chi connectivity index (χ2n) is 7.57. The zero-order valence-electron chi connectivity index (χ0n) is 22.6. The van der Waals surface area contributed by atoms with Crippen LogP contribution in [0.25, 0.3) is 0 Å². The molecular formula is C21H20F8N2O5S. The van der Waals surface area contributed by atoms with Gasteiger partial charge in [-0.25, -0.2) is 35.9 Å². The molecule has 0 aromatic heterocycles. The second-order valence-corrected chi connectivity index (χ2v) is 9.10. The van der Waals surface area contributed by atoms with Gasteiger partial charge >= 0.3 is 29.7 Å². The zero-order valence-corrected chi connectivity index (χ0v) is 19.4. The van der Waals surface area contributed by atoms with E-state index < -0.39 is 99.1 Å². The van der Waals surface area contributed by atoms with Crippen molar-refractivity contribution in [2.24, 2.45) is 5.14 Å². The van der Waals surface area contributed by atoms with Crippen LogP contribution in [0.4, 0.5) is 40.8 Å². The third kappa shape index (κ3) is 7.00. The van der Waals surface area contributed by atoms with Crippen LogP contribution in [0, 0.1) is 0 Å². The van der Waals surface area contributed by atoms with Crippen molar-refractivity contribution in [3.63, 3.8) is 0 Å². The summed E-state index contributed by atoms with van der Waals surface area (Å²) in [4.78, 5) is 8.54. The zero-order chi connectivity index (χ0) is 32.2. The largest absolute Gasteiger partial charge is 0.478 e. The van der Waals surface area contributed by atoms with Crippen molar-refractivity contribution in [3.05, 3.63) is 48.0 Å². The Morgan fingerprint density at radius 1 is 0.973 bits per heavy atom. The van der Waals surface area contributed by atoms with Gasteiger partial charge in [0.25, 0.3) is 0 Å². The van der Waals surface area contributed by atoms with Crippen LogP contribution in [0.1, 0.15) is 29.7 Å². The number of para-hydroxylation sites is 1. The number of sulfonamides is 1. The summed E-state index contributed by atoms with van der Waals surface area (Å²) in [5.41, 5.74) is -3.42. The molecular weight excluding hydrogens is 544 g/mol. The number of nitrogens with zero attached hydrogens (tertiary/aromatic N) is 1. The lowest BCUT2D eigenvalue weighted by Crippen LogP contribution is -2.54. The molecule has 3 N–H and O–H groups in total. The van der Waals surface area contributed by atoms with Gasteiger partial charge in [0.05, 0.1) is 29.7 Å². The number of ether oxygens (including phenoxy) is 1. The lowest BCUT2D eigenvalue weighted by molar-refractivity contribution is -0.202. The number of hydrogen-bond acceptors (Lipinski definition) is 5. The highest BCUT2D eigenvalue weighted by Crippen LogP contribution is 2.44. The summed E-state index contributed by atoms with van der Waals surface area (Å²) in [7, 11) is -5.32. The first-order chi connectivity index (χ1) is 18.1. The van der Waals surface area contributed by atoms with E-state index in [-0.39, 0.29) is 12.1 Å². The molecule has 2 aromatic carbocycles. The highest BCUT2D eigenvalue weighted by Gasteiger charge is 2.57. The molecule has 0 amide bonds. The van der Waals surface area contributed by atoms with Crippen molar-refractivity contribution >= 4 is 21.7 Å². The number of benzene rings is 2. The third-order valence-corrected chi connectivity index (χ3v) is 5.32. The molecule has 0 aliphatic heterocycles. The molecule has 0 unspecified atom stereocenters. The molecule has 0 bridgehead atoms. The minimum atomic E-state index is -6.21. The Morgan fingerprint density at radius 3 is 1.81 bits per heavy atom. The Labute approximate surface area is 211 Å². The summed E-state index contributed by atoms with van der Waals surface area (Å²) in [6, 6.07) is 5.80. The number of anilines is 1. The first kappa shape index (κ1) is 24.2. The molecule has 0 radical (unpaired) electrons. The van der Waals surface area contributed by atoms with E-state index in [4.69, 9.17) is 15.4 Å². The van der Waals surface area contributed by atoms with Crippen molar-refractivity contribution in [3.8, 4) is 11.5 Å². The Morgan fingerprint density at radius 2 is 1.43 bits per heavy atom. The van der Waals surface area contributed by atoms with E-state index in [0.29, 0.717) is 0 Å². The molecule has 2 rings (SSSR count). The number of alkyl halides is 8. The van der Waals surface area contributed by atoms with Gasteiger partial charge in [-0.15, -0.1) is 0 Å². The topological polar surface area (TPSA) is 110 Å². The Bertz CT molecular complexity index is 1380. The predicted octanol–water partition coefficient (Wildman–Crippen LogP) is 5.21. The van der Waals surface area contributed by atoms with Gasteiger partial charge in [0, 0.05) is 13.8 Å². The van der Waals surface area contributed by atoms with Gasteiger partial charge < -0.3 is 14.7 Å². The number of aromatic carboxylic acids is 1. The molecule has 7 nitrogen and oxygen atoms in total. The monoisotopic (exact) mass is 568 g/mol. The van der Waals surface area contributed by atoms with Crippen LogP contribution in [0.2, 0.25) is 0 Å². The summed E-state index contributed by atoms with van der Waals surface area (Å²) < 4.78 is 177. The van der Waals surface area contributed by atoms with Gasteiger partial charge in [-0.2, -0.15) is 17.6 Å². The fraction of sp³-hybridized carbons (Fsp3) is 0.381. The summed E-state index contributed by atoms with van der Waals surface area (Å²) >= 11 is 0. The van der Waals surface area contributed by atoms with Crippen LogP contribution in [-0.4, -0.2) is 56.2 Å². The van der Waals surface area contributed by atoms with E-state index in [9.17, 15) is 53.4 Å². The van der Waals surface area contributed by atoms with E-state index in [1.165, 1.54) is 18.2 Å². The number of rotatable bonds is 11. The SMILES string of the molecule is [2H]C([2H])(N(c1cc(C(=O)O)cc(S(N)(=O)=O)c1Oc1ccccc1)C([2H])([2H])C(F)(F)C(C)(F)F)C(F)(F)C(C)(F)F. The number of carbonyl (C=O) groups is 1. The van der Waals surface area contributed by atoms with E-state index in [1.54, 1.807) is 0 Å². The van der Waals surface area contributed by atoms with E-state index in [0.717, 1.165) is 12.1 Å². The summed E-state index contributed by atoms with van der Waals surface area (Å²) in [5.74, 6) is -27.8. The Hall–Kier alpha value is -3.14. The Balaban J connectivity index is 3.28.